The molecule has 0 bridgehead atoms. The molecule has 8 nitrogen and oxygen atoms in total. The van der Waals surface area contributed by atoms with Gasteiger partial charge in [0.2, 0.25) is 5.95 Å². The van der Waals surface area contributed by atoms with Crippen LogP contribution in [0.15, 0.2) is 58.4 Å². The first-order valence-corrected chi connectivity index (χ1v) is 8.86. The zero-order valence-corrected chi connectivity index (χ0v) is 16.0. The molecule has 1 heterocycles. The van der Waals surface area contributed by atoms with Gasteiger partial charge in [-0.2, -0.15) is 10.4 Å². The van der Waals surface area contributed by atoms with Crippen LogP contribution in [0.25, 0.3) is 11.3 Å². The fourth-order valence-corrected chi connectivity index (χ4v) is 2.69. The largest absolute Gasteiger partial charge is 0.493 e. The third kappa shape index (κ3) is 4.42. The second-order valence-electron chi connectivity index (χ2n) is 5.80. The molecule has 3 rings (SSSR count). The average Bonchev–Trinajstić information content (AvgIpc) is 2.75. The van der Waals surface area contributed by atoms with Crippen LogP contribution in [0.3, 0.4) is 0 Å². The summed E-state index contributed by atoms with van der Waals surface area (Å²) in [7, 11) is 1.56. The summed E-state index contributed by atoms with van der Waals surface area (Å²) in [5, 5.41) is 13.5. The van der Waals surface area contributed by atoms with E-state index < -0.39 is 5.56 Å². The lowest BCUT2D eigenvalue weighted by atomic mass is 10.1. The maximum Gasteiger partial charge on any atom is 0.270 e. The maximum absolute atomic E-state index is 12.3. The van der Waals surface area contributed by atoms with Crippen LogP contribution < -0.4 is 20.5 Å². The fraction of sp³-hybridized carbons (Fsp3) is 0.143. The third-order valence-electron chi connectivity index (χ3n) is 3.97. The summed E-state index contributed by atoms with van der Waals surface area (Å²) in [6, 6.07) is 16.4. The highest BCUT2D eigenvalue weighted by atomic mass is 16.5. The highest BCUT2D eigenvalue weighted by Gasteiger charge is 2.13. The van der Waals surface area contributed by atoms with Crippen LogP contribution >= 0.6 is 0 Å². The van der Waals surface area contributed by atoms with E-state index in [2.05, 4.69) is 20.5 Å². The lowest BCUT2D eigenvalue weighted by Crippen LogP contribution is -2.16. The molecule has 0 radical (unpaired) electrons. The number of hydrazone groups is 1. The zero-order chi connectivity index (χ0) is 20.6. The molecule has 0 saturated carbocycles. The van der Waals surface area contributed by atoms with Gasteiger partial charge in [-0.1, -0.05) is 36.4 Å². The maximum atomic E-state index is 12.3. The summed E-state index contributed by atoms with van der Waals surface area (Å²) in [5.74, 6) is 1.27. The van der Waals surface area contributed by atoms with E-state index in [1.54, 1.807) is 25.3 Å². The van der Waals surface area contributed by atoms with Crippen molar-refractivity contribution in [3.63, 3.8) is 0 Å². The number of hydrogen-bond donors (Lipinski definition) is 2. The summed E-state index contributed by atoms with van der Waals surface area (Å²) in [4.78, 5) is 19.1. The molecule has 0 aliphatic heterocycles. The number of rotatable bonds is 7. The van der Waals surface area contributed by atoms with Crippen LogP contribution in [-0.2, 0) is 0 Å². The summed E-state index contributed by atoms with van der Waals surface area (Å²) in [6.07, 6.45) is 1.54. The number of para-hydroxylation sites is 1. The molecule has 29 heavy (non-hydrogen) atoms. The molecular weight excluding hydrogens is 370 g/mol. The first-order valence-electron chi connectivity index (χ1n) is 8.86. The first kappa shape index (κ1) is 19.6. The van der Waals surface area contributed by atoms with Gasteiger partial charge < -0.3 is 9.47 Å². The predicted molar refractivity (Wildman–Crippen MR) is 110 cm³/mol. The van der Waals surface area contributed by atoms with Gasteiger partial charge in [-0.05, 0) is 19.1 Å². The van der Waals surface area contributed by atoms with Gasteiger partial charge in [0.05, 0.1) is 25.6 Å². The molecule has 0 atom stereocenters. The van der Waals surface area contributed by atoms with Crippen LogP contribution in [0, 0.1) is 11.3 Å². The van der Waals surface area contributed by atoms with Crippen molar-refractivity contribution < 1.29 is 9.47 Å². The van der Waals surface area contributed by atoms with Gasteiger partial charge in [-0.15, -0.1) is 0 Å². The number of benzene rings is 2. The van der Waals surface area contributed by atoms with Gasteiger partial charge in [0.15, 0.2) is 11.5 Å². The Balaban J connectivity index is 1.92. The number of nitrogens with zero attached hydrogens (tertiary/aromatic N) is 3. The smallest absolute Gasteiger partial charge is 0.270 e. The second kappa shape index (κ2) is 9.19. The van der Waals surface area contributed by atoms with E-state index in [9.17, 15) is 10.1 Å². The van der Waals surface area contributed by atoms with Crippen molar-refractivity contribution in [2.24, 2.45) is 5.10 Å². The van der Waals surface area contributed by atoms with Gasteiger partial charge in [0.25, 0.3) is 5.56 Å². The van der Waals surface area contributed by atoms with Crippen LogP contribution in [0.1, 0.15) is 18.1 Å². The highest BCUT2D eigenvalue weighted by Crippen LogP contribution is 2.30. The van der Waals surface area contributed by atoms with Gasteiger partial charge in [0, 0.05) is 11.1 Å². The van der Waals surface area contributed by atoms with E-state index in [1.807, 2.05) is 43.3 Å². The Labute approximate surface area is 167 Å². The molecular formula is C21H19N5O3. The van der Waals surface area contributed by atoms with Crippen LogP contribution in [0.5, 0.6) is 11.5 Å². The SMILES string of the molecule is CCOc1c(C=NNc2nc(-c3ccccc3)c(C#N)c(=O)[nH]2)cccc1OC. The number of H-pyrrole nitrogens is 1. The second-order valence-corrected chi connectivity index (χ2v) is 5.80. The number of hydrogen-bond acceptors (Lipinski definition) is 7. The van der Waals surface area contributed by atoms with Crippen molar-refractivity contribution in [2.45, 2.75) is 6.92 Å². The standard InChI is InChI=1S/C21H19N5O3/c1-3-29-19-15(10-7-11-17(19)28-2)13-23-26-21-24-18(14-8-5-4-6-9-14)16(12-22)20(27)25-21/h4-11,13H,3H2,1-2H3,(H2,24,25,26,27). The van der Waals surface area contributed by atoms with E-state index in [1.165, 1.54) is 6.21 Å². The lowest BCUT2D eigenvalue weighted by molar-refractivity contribution is 0.310. The van der Waals surface area contributed by atoms with E-state index in [4.69, 9.17) is 9.47 Å². The molecule has 8 heteroatoms. The van der Waals surface area contributed by atoms with Gasteiger partial charge in [0.1, 0.15) is 11.6 Å². The van der Waals surface area contributed by atoms with Crippen molar-refractivity contribution in [2.75, 3.05) is 19.1 Å². The van der Waals surface area contributed by atoms with Crippen LogP contribution in [-0.4, -0.2) is 29.9 Å². The molecule has 0 fully saturated rings. The summed E-state index contributed by atoms with van der Waals surface area (Å²) in [6.45, 7) is 2.35. The van der Waals surface area contributed by atoms with E-state index in [0.717, 1.165) is 0 Å². The minimum absolute atomic E-state index is 0.0582. The molecule has 3 aromatic rings. The number of nitrogens with one attached hydrogen (secondary N) is 2. The predicted octanol–water partition coefficient (Wildman–Crippen LogP) is 3.16. The molecule has 0 amide bonds. The Kier molecular flexibility index (Phi) is 6.22. The van der Waals surface area contributed by atoms with Crippen molar-refractivity contribution in [3.8, 4) is 28.8 Å². The normalized spacial score (nSPS) is 10.5. The highest BCUT2D eigenvalue weighted by molar-refractivity contribution is 5.85. The monoisotopic (exact) mass is 389 g/mol. The molecule has 2 N–H and O–H groups in total. The Morgan fingerprint density at radius 2 is 2.03 bits per heavy atom. The van der Waals surface area contributed by atoms with Crippen molar-refractivity contribution in [1.82, 2.24) is 9.97 Å². The lowest BCUT2D eigenvalue weighted by Gasteiger charge is -2.11. The number of methoxy groups -OCH3 is 1. The Morgan fingerprint density at radius 3 is 2.72 bits per heavy atom. The molecule has 0 spiro atoms. The quantitative estimate of drug-likeness (QED) is 0.474. The van der Waals surface area contributed by atoms with Gasteiger partial charge in [-0.25, -0.2) is 10.4 Å². The molecule has 0 saturated heterocycles. The Morgan fingerprint density at radius 1 is 1.24 bits per heavy atom. The number of aromatic nitrogens is 2. The van der Waals surface area contributed by atoms with E-state index in [0.29, 0.717) is 29.2 Å². The van der Waals surface area contributed by atoms with Crippen LogP contribution in [0.2, 0.25) is 0 Å². The average molecular weight is 389 g/mol. The minimum Gasteiger partial charge on any atom is -0.493 e. The summed E-state index contributed by atoms with van der Waals surface area (Å²) >= 11 is 0. The molecule has 0 aliphatic carbocycles. The van der Waals surface area contributed by atoms with E-state index in [-0.39, 0.29) is 17.2 Å². The van der Waals surface area contributed by atoms with E-state index >= 15 is 0 Å². The molecule has 146 valence electrons. The van der Waals surface area contributed by atoms with Crippen molar-refractivity contribution >= 4 is 12.2 Å². The molecule has 1 aromatic heterocycles. The molecule has 0 unspecified atom stereocenters. The first-order chi connectivity index (χ1) is 14.2. The minimum atomic E-state index is -0.546. The van der Waals surface area contributed by atoms with Crippen molar-refractivity contribution in [3.05, 3.63) is 70.0 Å². The Hall–Kier alpha value is -4.12. The topological polar surface area (TPSA) is 112 Å². The number of anilines is 1. The summed E-state index contributed by atoms with van der Waals surface area (Å²) in [5.41, 5.74) is 3.73. The molecule has 0 aliphatic rings. The third-order valence-corrected chi connectivity index (χ3v) is 3.97. The van der Waals surface area contributed by atoms with Gasteiger partial charge >= 0.3 is 0 Å². The molecule has 2 aromatic carbocycles. The number of aromatic amines is 1. The van der Waals surface area contributed by atoms with Crippen molar-refractivity contribution in [1.29, 1.82) is 5.26 Å². The number of ether oxygens (including phenoxy) is 2. The Bertz CT molecular complexity index is 1120. The summed E-state index contributed by atoms with van der Waals surface area (Å²) < 4.78 is 10.9. The zero-order valence-electron chi connectivity index (χ0n) is 16.0. The van der Waals surface area contributed by atoms with Gasteiger partial charge in [-0.3, -0.25) is 9.78 Å². The van der Waals surface area contributed by atoms with Crippen LogP contribution in [0.4, 0.5) is 5.95 Å². The fourth-order valence-electron chi connectivity index (χ4n) is 2.69. The number of nitriles is 1.